The number of aromatic amines is 2. The van der Waals surface area contributed by atoms with Crippen molar-refractivity contribution < 1.29 is 9.32 Å². The van der Waals surface area contributed by atoms with Crippen molar-refractivity contribution in [3.8, 4) is 11.4 Å². The van der Waals surface area contributed by atoms with E-state index in [4.69, 9.17) is 35.0 Å². The first-order chi connectivity index (χ1) is 15.4. The standard InChI is InChI=1S/C20H21Cl3N6O3/c1-10-15(21)16(22)17(25-10)19(30)26-13-5-4-12(18-27-20(31)32-28-18)7-14(13)29-6-2-3-11(9-29)8-24-23/h4-5,7,11,24-25H,2-3,6,8-9H2,1H3,(H,26,30)(H,27,28,31). The molecule has 3 aromatic rings. The number of rotatable bonds is 6. The van der Waals surface area contributed by atoms with Crippen LogP contribution >= 0.6 is 35.0 Å². The highest BCUT2D eigenvalue weighted by molar-refractivity contribution is 6.44. The van der Waals surface area contributed by atoms with Gasteiger partial charge in [0.1, 0.15) is 5.69 Å². The molecule has 0 spiro atoms. The van der Waals surface area contributed by atoms with Crippen molar-refractivity contribution in [2.45, 2.75) is 19.8 Å². The van der Waals surface area contributed by atoms with E-state index >= 15 is 0 Å². The summed E-state index contributed by atoms with van der Waals surface area (Å²) >= 11 is 18.1. The first kappa shape index (κ1) is 22.7. The molecule has 0 radical (unpaired) electrons. The molecule has 1 unspecified atom stereocenters. The molecule has 32 heavy (non-hydrogen) atoms. The highest BCUT2D eigenvalue weighted by Crippen LogP contribution is 2.35. The zero-order chi connectivity index (χ0) is 22.8. The quantitative estimate of drug-likeness (QED) is 0.378. The number of aromatic nitrogens is 3. The molecule has 3 heterocycles. The fraction of sp³-hybridized carbons (Fsp3) is 0.350. The number of hydrogen-bond donors (Lipinski definition) is 4. The zero-order valence-electron chi connectivity index (χ0n) is 17.1. The lowest BCUT2D eigenvalue weighted by atomic mass is 9.97. The number of nitrogens with zero attached hydrogens (tertiary/aromatic N) is 2. The van der Waals surface area contributed by atoms with Gasteiger partial charge in [-0.15, -0.1) is 0 Å². The summed E-state index contributed by atoms with van der Waals surface area (Å²) in [6, 6.07) is 5.35. The second-order valence-electron chi connectivity index (χ2n) is 7.67. The zero-order valence-corrected chi connectivity index (χ0v) is 19.4. The van der Waals surface area contributed by atoms with E-state index in [1.54, 1.807) is 19.1 Å². The number of H-pyrrole nitrogens is 2. The van der Waals surface area contributed by atoms with Gasteiger partial charge in [-0.2, -0.15) is 0 Å². The molecule has 1 aliphatic rings. The highest BCUT2D eigenvalue weighted by Gasteiger charge is 2.25. The fourth-order valence-corrected chi connectivity index (χ4v) is 4.51. The summed E-state index contributed by atoms with van der Waals surface area (Å²) < 4.78 is 4.63. The first-order valence-corrected chi connectivity index (χ1v) is 11.1. The molecule has 0 bridgehead atoms. The van der Waals surface area contributed by atoms with Crippen LogP contribution in [-0.4, -0.2) is 40.7 Å². The van der Waals surface area contributed by atoms with Crippen molar-refractivity contribution in [3.05, 3.63) is 50.2 Å². The van der Waals surface area contributed by atoms with E-state index in [2.05, 4.69) is 34.7 Å². The predicted molar refractivity (Wildman–Crippen MR) is 125 cm³/mol. The van der Waals surface area contributed by atoms with Crippen LogP contribution in [0.25, 0.3) is 11.4 Å². The van der Waals surface area contributed by atoms with Gasteiger partial charge in [0, 0.05) is 30.9 Å². The van der Waals surface area contributed by atoms with Crippen molar-refractivity contribution >= 4 is 52.3 Å². The van der Waals surface area contributed by atoms with Gasteiger partial charge in [-0.25, -0.2) is 9.63 Å². The van der Waals surface area contributed by atoms with Crippen LogP contribution in [0, 0.1) is 12.8 Å². The van der Waals surface area contributed by atoms with Crippen molar-refractivity contribution in [2.75, 3.05) is 29.9 Å². The van der Waals surface area contributed by atoms with Crippen molar-refractivity contribution in [2.24, 2.45) is 5.92 Å². The molecule has 12 heteroatoms. The summed E-state index contributed by atoms with van der Waals surface area (Å²) in [6.07, 6.45) is 2.02. The lowest BCUT2D eigenvalue weighted by molar-refractivity contribution is 0.102. The van der Waals surface area contributed by atoms with E-state index in [1.807, 2.05) is 6.07 Å². The molecule has 0 saturated carbocycles. The molecule has 4 N–H and O–H groups in total. The average molecular weight is 500 g/mol. The van der Waals surface area contributed by atoms with Gasteiger partial charge in [0.15, 0.2) is 5.82 Å². The van der Waals surface area contributed by atoms with Gasteiger partial charge in [0.2, 0.25) is 0 Å². The molecular formula is C20H21Cl3N6O3. The maximum atomic E-state index is 13.0. The summed E-state index contributed by atoms with van der Waals surface area (Å²) in [5.74, 6) is -0.400. The summed E-state index contributed by atoms with van der Waals surface area (Å²) in [5, 5.41) is 7.18. The third-order valence-electron chi connectivity index (χ3n) is 5.47. The summed E-state index contributed by atoms with van der Waals surface area (Å²) in [4.78, 5) is 34.7. The van der Waals surface area contributed by atoms with Crippen molar-refractivity contribution in [3.63, 3.8) is 0 Å². The molecular weight excluding hydrogens is 479 g/mol. The van der Waals surface area contributed by atoms with Crippen LogP contribution in [0.5, 0.6) is 0 Å². The van der Waals surface area contributed by atoms with Gasteiger partial charge < -0.3 is 15.2 Å². The topological polar surface area (TPSA) is 119 Å². The molecule has 1 aliphatic heterocycles. The van der Waals surface area contributed by atoms with Crippen molar-refractivity contribution in [1.29, 1.82) is 0 Å². The molecule has 1 aromatic carbocycles. The summed E-state index contributed by atoms with van der Waals surface area (Å²) in [5.41, 5.74) is 2.82. The number of benzene rings is 1. The maximum Gasteiger partial charge on any atom is 0.439 e. The fourth-order valence-electron chi connectivity index (χ4n) is 3.87. The molecule has 1 fully saturated rings. The van der Waals surface area contributed by atoms with Crippen LogP contribution < -0.4 is 20.8 Å². The minimum atomic E-state index is -0.640. The molecule has 1 amide bonds. The number of amides is 1. The first-order valence-electron chi connectivity index (χ1n) is 10.0. The number of hydrogen-bond acceptors (Lipinski definition) is 6. The van der Waals surface area contributed by atoms with Gasteiger partial charge in [-0.3, -0.25) is 14.3 Å². The van der Waals surface area contributed by atoms with Crippen LogP contribution in [0.3, 0.4) is 0 Å². The number of carbonyl (C=O) groups excluding carboxylic acids is 1. The van der Waals surface area contributed by atoms with E-state index in [9.17, 15) is 9.59 Å². The lowest BCUT2D eigenvalue weighted by Crippen LogP contribution is -2.39. The van der Waals surface area contributed by atoms with Crippen LogP contribution in [-0.2, 0) is 0 Å². The monoisotopic (exact) mass is 498 g/mol. The largest absolute Gasteiger partial charge is 0.439 e. The van der Waals surface area contributed by atoms with Crippen LogP contribution in [0.2, 0.25) is 10.0 Å². The Kier molecular flexibility index (Phi) is 6.80. The van der Waals surface area contributed by atoms with Gasteiger partial charge >= 0.3 is 5.76 Å². The molecule has 1 atom stereocenters. The van der Waals surface area contributed by atoms with Crippen molar-refractivity contribution in [1.82, 2.24) is 20.0 Å². The minimum absolute atomic E-state index is 0.172. The number of nitrogens with one attached hydrogen (secondary N) is 4. The van der Waals surface area contributed by atoms with Gasteiger partial charge in [0.25, 0.3) is 5.91 Å². The second-order valence-corrected chi connectivity index (χ2v) is 8.70. The van der Waals surface area contributed by atoms with E-state index in [-0.39, 0.29) is 10.7 Å². The molecule has 1 saturated heterocycles. The van der Waals surface area contributed by atoms with Crippen LogP contribution in [0.15, 0.2) is 27.5 Å². The van der Waals surface area contributed by atoms with Crippen LogP contribution in [0.1, 0.15) is 29.0 Å². The van der Waals surface area contributed by atoms with Gasteiger partial charge in [-0.05, 0) is 55.7 Å². The number of anilines is 2. The van der Waals surface area contributed by atoms with Gasteiger partial charge in [-0.1, -0.05) is 28.4 Å². The summed E-state index contributed by atoms with van der Waals surface area (Å²) in [6.45, 7) is 3.96. The number of carbonyl (C=O) groups is 1. The minimum Gasteiger partial charge on any atom is -0.370 e. The number of halogens is 3. The average Bonchev–Trinajstić information content (AvgIpc) is 3.33. The smallest absolute Gasteiger partial charge is 0.370 e. The highest BCUT2D eigenvalue weighted by atomic mass is 35.5. The maximum absolute atomic E-state index is 13.0. The molecule has 9 nitrogen and oxygen atoms in total. The Hall–Kier alpha value is -2.46. The molecule has 170 valence electrons. The molecule has 2 aromatic heterocycles. The SMILES string of the molecule is Cc1[nH]c(C(=O)Nc2ccc(-c3noc(=O)[nH]3)cc2N2CCCC(CNCl)C2)c(Cl)c1Cl. The second kappa shape index (κ2) is 9.58. The normalized spacial score (nSPS) is 16.4. The van der Waals surface area contributed by atoms with Crippen LogP contribution in [0.4, 0.5) is 11.4 Å². The van der Waals surface area contributed by atoms with E-state index in [1.165, 1.54) is 0 Å². The molecule has 4 rings (SSSR count). The molecule has 0 aliphatic carbocycles. The Morgan fingerprint density at radius 1 is 1.31 bits per heavy atom. The number of aryl methyl sites for hydroxylation is 1. The summed E-state index contributed by atoms with van der Waals surface area (Å²) in [7, 11) is 0. The Balaban J connectivity index is 1.69. The predicted octanol–water partition coefficient (Wildman–Crippen LogP) is 4.19. The number of piperidine rings is 1. The van der Waals surface area contributed by atoms with E-state index < -0.39 is 11.7 Å². The van der Waals surface area contributed by atoms with Gasteiger partial charge in [0.05, 0.1) is 21.4 Å². The van der Waals surface area contributed by atoms with E-state index in [0.717, 1.165) is 31.6 Å². The Morgan fingerprint density at radius 2 is 2.12 bits per heavy atom. The lowest BCUT2D eigenvalue weighted by Gasteiger charge is -2.35. The Morgan fingerprint density at radius 3 is 2.78 bits per heavy atom. The Bertz CT molecular complexity index is 1190. The Labute approximate surface area is 198 Å². The third-order valence-corrected chi connectivity index (χ3v) is 6.57. The third kappa shape index (κ3) is 4.66. The van der Waals surface area contributed by atoms with E-state index in [0.29, 0.717) is 40.3 Å².